The number of benzene rings is 2. The number of hydrogen-bond donors (Lipinski definition) is 2. The highest BCUT2D eigenvalue weighted by Gasteiger charge is 2.10. The summed E-state index contributed by atoms with van der Waals surface area (Å²) in [7, 11) is 3.76. The van der Waals surface area contributed by atoms with Crippen molar-refractivity contribution in [2.24, 2.45) is 0 Å². The van der Waals surface area contributed by atoms with Gasteiger partial charge in [0, 0.05) is 30.9 Å². The van der Waals surface area contributed by atoms with Crippen molar-refractivity contribution < 1.29 is 9.59 Å². The molecule has 0 aliphatic carbocycles. The van der Waals surface area contributed by atoms with Gasteiger partial charge in [0.25, 0.3) is 11.8 Å². The lowest BCUT2D eigenvalue weighted by Crippen LogP contribution is -2.41. The Hall–Kier alpha value is -3.33. The quantitative estimate of drug-likeness (QED) is 0.845. The fraction of sp³-hybridized carbons (Fsp3) is 0.118. The van der Waals surface area contributed by atoms with Gasteiger partial charge in [-0.3, -0.25) is 20.4 Å². The SMILES string of the molecule is CN(C)c1cccc(C(=O)NNC(=O)c2ccc(C#N)cc2)c1. The first-order valence-electron chi connectivity index (χ1n) is 6.89. The van der Waals surface area contributed by atoms with Crippen molar-refractivity contribution >= 4 is 17.5 Å². The zero-order chi connectivity index (χ0) is 16.8. The minimum atomic E-state index is -0.452. The van der Waals surface area contributed by atoms with Gasteiger partial charge in [-0.25, -0.2) is 0 Å². The zero-order valence-electron chi connectivity index (χ0n) is 12.8. The van der Waals surface area contributed by atoms with Crippen LogP contribution in [-0.4, -0.2) is 25.9 Å². The summed E-state index contributed by atoms with van der Waals surface area (Å²) < 4.78 is 0. The average Bonchev–Trinajstić information content (AvgIpc) is 2.59. The molecule has 2 rings (SSSR count). The van der Waals surface area contributed by atoms with Crippen LogP contribution < -0.4 is 15.8 Å². The van der Waals surface area contributed by atoms with Gasteiger partial charge >= 0.3 is 0 Å². The lowest BCUT2D eigenvalue weighted by atomic mass is 10.1. The van der Waals surface area contributed by atoms with Crippen molar-refractivity contribution in [3.8, 4) is 6.07 Å². The van der Waals surface area contributed by atoms with Crippen LogP contribution in [0.15, 0.2) is 48.5 Å². The Labute approximate surface area is 134 Å². The van der Waals surface area contributed by atoms with Gasteiger partial charge in [-0.05, 0) is 42.5 Å². The smallest absolute Gasteiger partial charge is 0.269 e. The van der Waals surface area contributed by atoms with E-state index in [9.17, 15) is 9.59 Å². The van der Waals surface area contributed by atoms with Crippen molar-refractivity contribution in [2.45, 2.75) is 0 Å². The summed E-state index contributed by atoms with van der Waals surface area (Å²) >= 11 is 0. The normalized spacial score (nSPS) is 9.61. The summed E-state index contributed by atoms with van der Waals surface area (Å²) in [4.78, 5) is 25.9. The largest absolute Gasteiger partial charge is 0.378 e. The Bertz CT molecular complexity index is 761. The number of nitrogens with one attached hydrogen (secondary N) is 2. The van der Waals surface area contributed by atoms with E-state index in [1.54, 1.807) is 18.2 Å². The number of anilines is 1. The van der Waals surface area contributed by atoms with Crippen molar-refractivity contribution in [2.75, 3.05) is 19.0 Å². The predicted octanol–water partition coefficient (Wildman–Crippen LogP) is 1.70. The van der Waals surface area contributed by atoms with E-state index in [-0.39, 0.29) is 0 Å². The lowest BCUT2D eigenvalue weighted by molar-refractivity contribution is 0.0846. The maximum atomic E-state index is 12.1. The van der Waals surface area contributed by atoms with Crippen LogP contribution in [0.5, 0.6) is 0 Å². The van der Waals surface area contributed by atoms with Gasteiger partial charge < -0.3 is 4.90 Å². The number of rotatable bonds is 3. The second-order valence-corrected chi connectivity index (χ2v) is 5.04. The Morgan fingerprint density at radius 1 is 0.957 bits per heavy atom. The number of nitriles is 1. The first-order chi connectivity index (χ1) is 11.0. The Morgan fingerprint density at radius 2 is 1.57 bits per heavy atom. The molecule has 0 aliphatic heterocycles. The minimum absolute atomic E-state index is 0.353. The standard InChI is InChI=1S/C17H16N4O2/c1-21(2)15-5-3-4-14(10-15)17(23)20-19-16(22)13-8-6-12(11-18)7-9-13/h3-10H,1-2H3,(H,19,22)(H,20,23). The summed E-state index contributed by atoms with van der Waals surface area (Å²) in [6.07, 6.45) is 0. The number of hydrogen-bond acceptors (Lipinski definition) is 4. The highest BCUT2D eigenvalue weighted by atomic mass is 16.2. The summed E-state index contributed by atoms with van der Waals surface area (Å²) in [6, 6.07) is 15.1. The van der Waals surface area contributed by atoms with Crippen LogP contribution in [0.2, 0.25) is 0 Å². The molecule has 0 fully saturated rings. The molecular formula is C17H16N4O2. The van der Waals surface area contributed by atoms with E-state index >= 15 is 0 Å². The zero-order valence-corrected chi connectivity index (χ0v) is 12.8. The summed E-state index contributed by atoms with van der Waals surface area (Å²) in [6.45, 7) is 0. The van der Waals surface area contributed by atoms with Crippen LogP contribution in [0, 0.1) is 11.3 Å². The molecule has 6 nitrogen and oxygen atoms in total. The highest BCUT2D eigenvalue weighted by Crippen LogP contribution is 2.13. The highest BCUT2D eigenvalue weighted by molar-refractivity contribution is 5.99. The van der Waals surface area contributed by atoms with Gasteiger partial charge in [0.2, 0.25) is 0 Å². The number of nitrogens with zero attached hydrogens (tertiary/aromatic N) is 2. The second-order valence-electron chi connectivity index (χ2n) is 5.04. The monoisotopic (exact) mass is 308 g/mol. The molecule has 0 saturated heterocycles. The van der Waals surface area contributed by atoms with Crippen LogP contribution in [0.1, 0.15) is 26.3 Å². The fourth-order valence-corrected chi connectivity index (χ4v) is 1.88. The Balaban J connectivity index is 1.99. The molecule has 0 saturated carbocycles. The molecule has 0 heterocycles. The third kappa shape index (κ3) is 4.08. The van der Waals surface area contributed by atoms with Crippen molar-refractivity contribution in [3.63, 3.8) is 0 Å². The molecule has 0 aromatic heterocycles. The summed E-state index contributed by atoms with van der Waals surface area (Å²) in [5.74, 6) is -0.859. The first-order valence-corrected chi connectivity index (χ1v) is 6.89. The van der Waals surface area contributed by atoms with E-state index < -0.39 is 11.8 Å². The third-order valence-corrected chi connectivity index (χ3v) is 3.19. The van der Waals surface area contributed by atoms with E-state index in [4.69, 9.17) is 5.26 Å². The predicted molar refractivity (Wildman–Crippen MR) is 86.9 cm³/mol. The van der Waals surface area contributed by atoms with Gasteiger partial charge in [-0.1, -0.05) is 6.07 Å². The molecule has 6 heteroatoms. The fourth-order valence-electron chi connectivity index (χ4n) is 1.88. The van der Waals surface area contributed by atoms with Crippen molar-refractivity contribution in [1.29, 1.82) is 5.26 Å². The molecule has 0 aliphatic rings. The van der Waals surface area contributed by atoms with E-state index in [1.807, 2.05) is 31.1 Å². The number of carbonyl (C=O) groups is 2. The van der Waals surface area contributed by atoms with Gasteiger partial charge in [-0.15, -0.1) is 0 Å². The topological polar surface area (TPSA) is 85.2 Å². The van der Waals surface area contributed by atoms with E-state index in [0.717, 1.165) is 5.69 Å². The van der Waals surface area contributed by atoms with Crippen molar-refractivity contribution in [1.82, 2.24) is 10.9 Å². The molecule has 2 N–H and O–H groups in total. The average molecular weight is 308 g/mol. The van der Waals surface area contributed by atoms with Crippen LogP contribution >= 0.6 is 0 Å². The Morgan fingerprint density at radius 3 is 2.13 bits per heavy atom. The third-order valence-electron chi connectivity index (χ3n) is 3.19. The van der Waals surface area contributed by atoms with E-state index in [0.29, 0.717) is 16.7 Å². The Kier molecular flexibility index (Phi) is 4.95. The minimum Gasteiger partial charge on any atom is -0.378 e. The lowest BCUT2D eigenvalue weighted by Gasteiger charge is -2.13. The van der Waals surface area contributed by atoms with E-state index in [2.05, 4.69) is 10.9 Å². The molecule has 0 radical (unpaired) electrons. The molecule has 0 unspecified atom stereocenters. The molecule has 2 aromatic carbocycles. The maximum absolute atomic E-state index is 12.1. The number of carbonyl (C=O) groups excluding carboxylic acids is 2. The molecule has 23 heavy (non-hydrogen) atoms. The molecule has 0 bridgehead atoms. The molecule has 0 atom stereocenters. The summed E-state index contributed by atoms with van der Waals surface area (Å²) in [5.41, 5.74) is 6.86. The van der Waals surface area contributed by atoms with Crippen LogP contribution in [0.3, 0.4) is 0 Å². The van der Waals surface area contributed by atoms with Gasteiger partial charge in [-0.2, -0.15) is 5.26 Å². The molecule has 2 aromatic rings. The molecular weight excluding hydrogens is 292 g/mol. The first kappa shape index (κ1) is 16.0. The maximum Gasteiger partial charge on any atom is 0.269 e. The van der Waals surface area contributed by atoms with E-state index in [1.165, 1.54) is 24.3 Å². The summed E-state index contributed by atoms with van der Waals surface area (Å²) in [5, 5.41) is 8.72. The second kappa shape index (κ2) is 7.09. The molecule has 0 spiro atoms. The van der Waals surface area contributed by atoms with Crippen LogP contribution in [0.4, 0.5) is 5.69 Å². The van der Waals surface area contributed by atoms with Gasteiger partial charge in [0.1, 0.15) is 0 Å². The number of amides is 2. The van der Waals surface area contributed by atoms with Gasteiger partial charge in [0.05, 0.1) is 11.6 Å². The molecule has 116 valence electrons. The van der Waals surface area contributed by atoms with Gasteiger partial charge in [0.15, 0.2) is 0 Å². The van der Waals surface area contributed by atoms with Crippen LogP contribution in [-0.2, 0) is 0 Å². The van der Waals surface area contributed by atoms with Crippen molar-refractivity contribution in [3.05, 3.63) is 65.2 Å². The molecule has 2 amide bonds. The number of hydrazine groups is 1. The van der Waals surface area contributed by atoms with Crippen LogP contribution in [0.25, 0.3) is 0 Å².